The predicted octanol–water partition coefficient (Wildman–Crippen LogP) is 4.31. The van der Waals surface area contributed by atoms with Crippen molar-refractivity contribution >= 4 is 23.2 Å². The fourth-order valence-corrected chi connectivity index (χ4v) is 3.26. The Hall–Kier alpha value is -2.86. The number of anilines is 1. The molecule has 3 aromatic rings. The van der Waals surface area contributed by atoms with Crippen LogP contribution in [0.1, 0.15) is 25.1 Å². The minimum absolute atomic E-state index is 0.0368. The molecule has 0 aliphatic carbocycles. The van der Waals surface area contributed by atoms with E-state index in [1.807, 2.05) is 43.3 Å². The van der Waals surface area contributed by atoms with Gasteiger partial charge in [0.05, 0.1) is 6.61 Å². The van der Waals surface area contributed by atoms with Gasteiger partial charge in [-0.15, -0.1) is 0 Å². The van der Waals surface area contributed by atoms with Crippen molar-refractivity contribution in [3.05, 3.63) is 59.4 Å². The Bertz CT molecular complexity index is 938. The van der Waals surface area contributed by atoms with Crippen LogP contribution in [0, 0.1) is 0 Å². The lowest BCUT2D eigenvalue weighted by Crippen LogP contribution is -2.24. The number of halogens is 1. The van der Waals surface area contributed by atoms with Crippen LogP contribution in [0.15, 0.2) is 53.1 Å². The van der Waals surface area contributed by atoms with Gasteiger partial charge in [-0.3, -0.25) is 4.79 Å². The zero-order valence-electron chi connectivity index (χ0n) is 14.8. The van der Waals surface area contributed by atoms with Crippen molar-refractivity contribution < 1.29 is 14.1 Å². The van der Waals surface area contributed by atoms with Crippen LogP contribution in [-0.2, 0) is 4.79 Å². The first-order valence-electron chi connectivity index (χ1n) is 8.77. The third-order valence-electron chi connectivity index (χ3n) is 4.48. The van der Waals surface area contributed by atoms with Crippen molar-refractivity contribution in [3.63, 3.8) is 0 Å². The van der Waals surface area contributed by atoms with Gasteiger partial charge in [-0.1, -0.05) is 16.8 Å². The molecule has 0 bridgehead atoms. The number of rotatable bonds is 5. The minimum atomic E-state index is -0.103. The molecule has 0 N–H and O–H groups in total. The molecule has 0 saturated carbocycles. The second kappa shape index (κ2) is 7.40. The van der Waals surface area contributed by atoms with Crippen molar-refractivity contribution in [2.75, 3.05) is 18.1 Å². The molecule has 2 aromatic carbocycles. The Morgan fingerprint density at radius 3 is 2.63 bits per heavy atom. The summed E-state index contributed by atoms with van der Waals surface area (Å²) in [5.74, 6) is 1.71. The molecule has 1 aliphatic rings. The summed E-state index contributed by atoms with van der Waals surface area (Å²) in [5.41, 5.74) is 1.64. The summed E-state index contributed by atoms with van der Waals surface area (Å²) < 4.78 is 10.8. The van der Waals surface area contributed by atoms with Gasteiger partial charge >= 0.3 is 0 Å². The maximum Gasteiger partial charge on any atom is 0.257 e. The number of carbonyl (C=O) groups is 1. The number of aromatic nitrogens is 2. The lowest BCUT2D eigenvalue weighted by molar-refractivity contribution is -0.117. The molecule has 1 unspecified atom stereocenters. The number of hydrogen-bond donors (Lipinski definition) is 0. The SMILES string of the molecule is CCOc1ccc(-c2nc(C3CC(=O)N(c4ccc(Cl)cc4)C3)no2)cc1. The zero-order valence-corrected chi connectivity index (χ0v) is 15.5. The third kappa shape index (κ3) is 3.66. The molecular weight excluding hydrogens is 366 g/mol. The van der Waals surface area contributed by atoms with Gasteiger partial charge in [0.15, 0.2) is 5.82 Å². The zero-order chi connectivity index (χ0) is 18.8. The van der Waals surface area contributed by atoms with E-state index in [0.717, 1.165) is 17.0 Å². The van der Waals surface area contributed by atoms with E-state index in [0.29, 0.717) is 36.3 Å². The smallest absolute Gasteiger partial charge is 0.257 e. The number of ether oxygens (including phenoxy) is 1. The van der Waals surface area contributed by atoms with Gasteiger partial charge in [0.1, 0.15) is 5.75 Å². The molecule has 4 rings (SSSR count). The Kier molecular flexibility index (Phi) is 4.81. The summed E-state index contributed by atoms with van der Waals surface area (Å²) in [6.07, 6.45) is 0.352. The fraction of sp³-hybridized carbons (Fsp3) is 0.250. The highest BCUT2D eigenvalue weighted by Crippen LogP contribution is 2.32. The van der Waals surface area contributed by atoms with Gasteiger partial charge in [-0.05, 0) is 55.5 Å². The van der Waals surface area contributed by atoms with E-state index < -0.39 is 0 Å². The molecule has 27 heavy (non-hydrogen) atoms. The third-order valence-corrected chi connectivity index (χ3v) is 4.73. The Morgan fingerprint density at radius 2 is 1.93 bits per heavy atom. The number of benzene rings is 2. The summed E-state index contributed by atoms with van der Waals surface area (Å²) in [6.45, 7) is 3.07. The maximum atomic E-state index is 12.4. The van der Waals surface area contributed by atoms with E-state index in [-0.39, 0.29) is 11.8 Å². The molecule has 7 heteroatoms. The lowest BCUT2D eigenvalue weighted by atomic mass is 10.1. The molecular formula is C20H18ClN3O3. The van der Waals surface area contributed by atoms with E-state index in [2.05, 4.69) is 10.1 Å². The lowest BCUT2D eigenvalue weighted by Gasteiger charge is -2.16. The van der Waals surface area contributed by atoms with E-state index in [9.17, 15) is 4.79 Å². The van der Waals surface area contributed by atoms with Gasteiger partial charge in [0.2, 0.25) is 5.91 Å². The van der Waals surface area contributed by atoms with Crippen LogP contribution in [0.4, 0.5) is 5.69 Å². The molecule has 2 heterocycles. The number of carbonyl (C=O) groups excluding carboxylic acids is 1. The van der Waals surface area contributed by atoms with Crippen LogP contribution in [0.25, 0.3) is 11.5 Å². The number of hydrogen-bond acceptors (Lipinski definition) is 5. The Labute approximate surface area is 161 Å². The van der Waals surface area contributed by atoms with Crippen LogP contribution in [0.5, 0.6) is 5.75 Å². The summed E-state index contributed by atoms with van der Waals surface area (Å²) in [6, 6.07) is 14.7. The van der Waals surface area contributed by atoms with E-state index in [1.165, 1.54) is 0 Å². The predicted molar refractivity (Wildman–Crippen MR) is 102 cm³/mol. The summed E-state index contributed by atoms with van der Waals surface area (Å²) in [5, 5.41) is 4.73. The van der Waals surface area contributed by atoms with Crippen molar-refractivity contribution in [1.82, 2.24) is 10.1 Å². The highest BCUT2D eigenvalue weighted by Gasteiger charge is 2.34. The Balaban J connectivity index is 1.50. The van der Waals surface area contributed by atoms with E-state index in [1.54, 1.807) is 17.0 Å². The van der Waals surface area contributed by atoms with Crippen LogP contribution >= 0.6 is 11.6 Å². The molecule has 1 aromatic heterocycles. The first kappa shape index (κ1) is 17.5. The van der Waals surface area contributed by atoms with Crippen molar-refractivity contribution in [2.24, 2.45) is 0 Å². The molecule has 138 valence electrons. The quantitative estimate of drug-likeness (QED) is 0.656. The summed E-state index contributed by atoms with van der Waals surface area (Å²) >= 11 is 5.92. The summed E-state index contributed by atoms with van der Waals surface area (Å²) in [4.78, 5) is 18.6. The molecule has 1 atom stereocenters. The minimum Gasteiger partial charge on any atom is -0.494 e. The van der Waals surface area contributed by atoms with Crippen LogP contribution < -0.4 is 9.64 Å². The van der Waals surface area contributed by atoms with Gasteiger partial charge in [-0.2, -0.15) is 4.98 Å². The first-order chi connectivity index (χ1) is 13.1. The van der Waals surface area contributed by atoms with Crippen LogP contribution in [-0.4, -0.2) is 29.2 Å². The van der Waals surface area contributed by atoms with Gasteiger partial charge in [0, 0.05) is 35.2 Å². The van der Waals surface area contributed by atoms with Crippen LogP contribution in [0.2, 0.25) is 5.02 Å². The molecule has 0 radical (unpaired) electrons. The molecule has 1 aliphatic heterocycles. The van der Waals surface area contributed by atoms with E-state index in [4.69, 9.17) is 20.9 Å². The monoisotopic (exact) mass is 383 g/mol. The standard InChI is InChI=1S/C20H18ClN3O3/c1-2-26-17-9-3-13(4-10-17)20-22-19(23-27-20)14-11-18(25)24(12-14)16-7-5-15(21)6-8-16/h3-10,14H,2,11-12H2,1H3. The molecule has 6 nitrogen and oxygen atoms in total. The van der Waals surface area contributed by atoms with Crippen molar-refractivity contribution in [3.8, 4) is 17.2 Å². The van der Waals surface area contributed by atoms with Gasteiger partial charge in [-0.25, -0.2) is 0 Å². The van der Waals surface area contributed by atoms with Gasteiger partial charge in [0.25, 0.3) is 5.89 Å². The highest BCUT2D eigenvalue weighted by molar-refractivity contribution is 6.30. The number of amides is 1. The molecule has 1 amide bonds. The topological polar surface area (TPSA) is 68.5 Å². The van der Waals surface area contributed by atoms with Crippen molar-refractivity contribution in [2.45, 2.75) is 19.3 Å². The second-order valence-electron chi connectivity index (χ2n) is 6.30. The van der Waals surface area contributed by atoms with Crippen molar-refractivity contribution in [1.29, 1.82) is 0 Å². The van der Waals surface area contributed by atoms with Crippen LogP contribution in [0.3, 0.4) is 0 Å². The summed E-state index contributed by atoms with van der Waals surface area (Å²) in [7, 11) is 0. The first-order valence-corrected chi connectivity index (χ1v) is 9.14. The largest absolute Gasteiger partial charge is 0.494 e. The maximum absolute atomic E-state index is 12.4. The molecule has 1 saturated heterocycles. The molecule has 0 spiro atoms. The Morgan fingerprint density at radius 1 is 1.19 bits per heavy atom. The average molecular weight is 384 g/mol. The molecule has 1 fully saturated rings. The van der Waals surface area contributed by atoms with Gasteiger partial charge < -0.3 is 14.2 Å². The van der Waals surface area contributed by atoms with E-state index >= 15 is 0 Å². The average Bonchev–Trinajstić information content (AvgIpc) is 3.30. The normalized spacial score (nSPS) is 16.7. The number of nitrogens with zero attached hydrogens (tertiary/aromatic N) is 3. The highest BCUT2D eigenvalue weighted by atomic mass is 35.5. The second-order valence-corrected chi connectivity index (χ2v) is 6.73. The fourth-order valence-electron chi connectivity index (χ4n) is 3.13.